The number of esters is 1. The molecule has 13 nitrogen and oxygen atoms in total. The minimum atomic E-state index is -4.98. The number of aromatic nitrogens is 2. The molecule has 1 aromatic heterocycles. The molecule has 1 aromatic carbocycles. The molecular weight excluding hydrogens is 497 g/mol. The number of para-hydroxylation sites is 1. The van der Waals surface area contributed by atoms with Gasteiger partial charge >= 0.3 is 19.4 Å². The minimum Gasteiger partial charge on any atom is -0.462 e. The summed E-state index contributed by atoms with van der Waals surface area (Å²) in [6.45, 7) is -2.70. The van der Waals surface area contributed by atoms with Crippen LogP contribution in [0, 0.1) is 0 Å². The molecule has 0 amide bonds. The average Bonchev–Trinajstić information content (AvgIpc) is 3.13. The number of rotatable bonds is 10. The Morgan fingerprint density at radius 1 is 1.39 bits per heavy atom. The second kappa shape index (κ2) is 11.1. The van der Waals surface area contributed by atoms with Crippen LogP contribution in [-0.2, 0) is 23.4 Å². The van der Waals surface area contributed by atoms with Gasteiger partial charge in [-0.1, -0.05) is 18.2 Å². The first kappa shape index (κ1) is 20.3. The summed E-state index contributed by atoms with van der Waals surface area (Å²) in [4.78, 5) is 38.3. The van der Waals surface area contributed by atoms with Crippen molar-refractivity contribution in [2.75, 3.05) is 6.56 Å². The van der Waals surface area contributed by atoms with Crippen molar-refractivity contribution < 1.29 is 46.3 Å². The fraction of sp³-hybridized carbons (Fsp3) is 0.500. The Bertz CT molecular complexity index is 1450. The highest BCUT2D eigenvalue weighted by Gasteiger charge is 2.54. The number of hydrogen-bond donors (Lipinski definition) is 4. The Kier molecular flexibility index (Phi) is 6.24. The molecule has 1 fully saturated rings. The standard InChI is InChI=1S/C22H30N3O10P/c1-13(2)33-19(28)14(3)24-36(31,35-15-8-6-5-7-9-15)32-12-16-18(27)22(4,30)20(34-16)25-11-10-17(26)23-21(25)29/h5-11,13-14,16,18,20,27,30H,12H2,1-4H3,(H,24,31)(H,23,26,29)/t14-,16+,18+,20+,22+,36-/m0/s1/i4D3,10D,12D2. The van der Waals surface area contributed by atoms with Gasteiger partial charge < -0.3 is 24.2 Å². The summed E-state index contributed by atoms with van der Waals surface area (Å²) < 4.78 is 83.2. The number of aromatic amines is 1. The molecule has 1 aliphatic rings. The Morgan fingerprint density at radius 3 is 2.72 bits per heavy atom. The third-order valence-electron chi connectivity index (χ3n) is 4.75. The molecule has 6 atom stereocenters. The Hall–Kier alpha value is -2.80. The van der Waals surface area contributed by atoms with E-state index in [4.69, 9.17) is 26.7 Å². The normalized spacial score (nSPS) is 29.6. The van der Waals surface area contributed by atoms with E-state index < -0.39 is 80.6 Å². The van der Waals surface area contributed by atoms with Crippen LogP contribution in [0.3, 0.4) is 0 Å². The summed E-state index contributed by atoms with van der Waals surface area (Å²) in [7, 11) is -4.98. The maximum atomic E-state index is 13.9. The van der Waals surface area contributed by atoms with Crippen LogP contribution in [0.2, 0.25) is 0 Å². The predicted octanol–water partition coefficient (Wildman–Crippen LogP) is 0.679. The van der Waals surface area contributed by atoms with E-state index in [2.05, 4.69) is 5.09 Å². The van der Waals surface area contributed by atoms with Crippen molar-refractivity contribution >= 4 is 13.7 Å². The molecule has 4 N–H and O–H groups in total. The summed E-state index contributed by atoms with van der Waals surface area (Å²) in [6, 6.07) is 4.96. The molecule has 36 heavy (non-hydrogen) atoms. The van der Waals surface area contributed by atoms with Gasteiger partial charge in [0, 0.05) is 16.4 Å². The molecule has 198 valence electrons. The van der Waals surface area contributed by atoms with Gasteiger partial charge in [0.2, 0.25) is 0 Å². The van der Waals surface area contributed by atoms with E-state index in [1.807, 2.05) is 0 Å². The Labute approximate surface area is 215 Å². The van der Waals surface area contributed by atoms with Crippen LogP contribution in [0.15, 0.2) is 52.2 Å². The van der Waals surface area contributed by atoms with Gasteiger partial charge in [-0.25, -0.2) is 9.36 Å². The lowest BCUT2D eigenvalue weighted by Gasteiger charge is -2.27. The van der Waals surface area contributed by atoms with Crippen LogP contribution in [0.25, 0.3) is 0 Å². The Morgan fingerprint density at radius 2 is 2.08 bits per heavy atom. The SMILES string of the molecule is [2H]c1cn([C@@H]2O[C@H](C([2H])([2H])O[P@@](=O)(N[C@@H](C)C(=O)OC(C)C)Oc3ccccc3)[C@@H](O)[C@]2(O)C([2H])([2H])[2H])c(=O)[nH]c1=O. The number of benzene rings is 1. The smallest absolute Gasteiger partial charge is 0.459 e. The third-order valence-corrected chi connectivity index (χ3v) is 6.25. The molecule has 0 unspecified atom stereocenters. The highest BCUT2D eigenvalue weighted by atomic mass is 31.2. The van der Waals surface area contributed by atoms with Crippen molar-refractivity contribution in [1.82, 2.24) is 14.6 Å². The quantitative estimate of drug-likeness (QED) is 0.249. The molecule has 1 saturated heterocycles. The van der Waals surface area contributed by atoms with Crippen LogP contribution in [0.1, 0.15) is 42.1 Å². The minimum absolute atomic E-state index is 0.110. The van der Waals surface area contributed by atoms with E-state index in [0.717, 1.165) is 0 Å². The van der Waals surface area contributed by atoms with E-state index in [0.29, 0.717) is 6.20 Å². The number of aliphatic hydroxyl groups is 2. The van der Waals surface area contributed by atoms with Crippen molar-refractivity contribution in [2.24, 2.45) is 0 Å². The Balaban J connectivity index is 2.05. The number of carbonyl (C=O) groups excluding carboxylic acids is 1. The molecule has 2 aromatic rings. The fourth-order valence-corrected chi connectivity index (χ4v) is 4.42. The van der Waals surface area contributed by atoms with E-state index >= 15 is 0 Å². The molecule has 0 bridgehead atoms. The average molecular weight is 534 g/mol. The number of hydrogen-bond acceptors (Lipinski definition) is 10. The van der Waals surface area contributed by atoms with Crippen molar-refractivity contribution in [3.05, 3.63) is 63.4 Å². The number of aliphatic hydroxyl groups excluding tert-OH is 1. The van der Waals surface area contributed by atoms with Crippen LogP contribution >= 0.6 is 7.75 Å². The number of carbonyl (C=O) groups is 1. The van der Waals surface area contributed by atoms with Gasteiger partial charge in [0.15, 0.2) is 6.23 Å². The number of nitrogens with one attached hydrogen (secondary N) is 2. The van der Waals surface area contributed by atoms with Gasteiger partial charge in [-0.3, -0.25) is 23.7 Å². The van der Waals surface area contributed by atoms with E-state index in [9.17, 15) is 29.2 Å². The van der Waals surface area contributed by atoms with Gasteiger partial charge in [-0.2, -0.15) is 5.09 Å². The van der Waals surface area contributed by atoms with Gasteiger partial charge in [0.25, 0.3) is 5.56 Å². The third kappa shape index (κ3) is 6.49. The highest BCUT2D eigenvalue weighted by molar-refractivity contribution is 7.52. The molecule has 14 heteroatoms. The molecule has 1 aliphatic heterocycles. The van der Waals surface area contributed by atoms with Gasteiger partial charge in [-0.15, -0.1) is 0 Å². The van der Waals surface area contributed by atoms with Crippen LogP contribution in [0.4, 0.5) is 0 Å². The van der Waals surface area contributed by atoms with Crippen molar-refractivity contribution in [1.29, 1.82) is 0 Å². The topological polar surface area (TPSA) is 178 Å². The predicted molar refractivity (Wildman–Crippen MR) is 126 cm³/mol. The van der Waals surface area contributed by atoms with Gasteiger partial charge in [0.1, 0.15) is 29.6 Å². The molecule has 0 aliphatic carbocycles. The van der Waals surface area contributed by atoms with Gasteiger partial charge in [0.05, 0.1) is 16.8 Å². The zero-order chi connectivity index (χ0) is 31.8. The lowest BCUT2D eigenvalue weighted by Crippen LogP contribution is -2.47. The van der Waals surface area contributed by atoms with Crippen LogP contribution in [-0.4, -0.2) is 62.2 Å². The molecule has 2 heterocycles. The summed E-state index contributed by atoms with van der Waals surface area (Å²) >= 11 is 0. The van der Waals surface area contributed by atoms with Crippen molar-refractivity contribution in [3.63, 3.8) is 0 Å². The largest absolute Gasteiger partial charge is 0.462 e. The number of ether oxygens (including phenoxy) is 2. The monoisotopic (exact) mass is 533 g/mol. The highest BCUT2D eigenvalue weighted by Crippen LogP contribution is 2.46. The molecule has 0 radical (unpaired) electrons. The second-order valence-electron chi connectivity index (χ2n) is 8.07. The summed E-state index contributed by atoms with van der Waals surface area (Å²) in [5.41, 5.74) is -5.93. The number of H-pyrrole nitrogens is 1. The second-order valence-corrected chi connectivity index (χ2v) is 9.68. The molecule has 0 saturated carbocycles. The van der Waals surface area contributed by atoms with Crippen LogP contribution < -0.4 is 20.9 Å². The summed E-state index contributed by atoms with van der Waals surface area (Å²) in [5, 5.41) is 24.4. The fourth-order valence-electron chi connectivity index (χ4n) is 3.06. The zero-order valence-electron chi connectivity index (χ0n) is 25.4. The molecule has 3 rings (SSSR count). The first-order chi connectivity index (χ1) is 19.2. The first-order valence-corrected chi connectivity index (χ1v) is 12.2. The lowest BCUT2D eigenvalue weighted by atomic mass is 9.96. The van der Waals surface area contributed by atoms with Crippen LogP contribution in [0.5, 0.6) is 5.75 Å². The number of nitrogens with zero attached hydrogens (tertiary/aromatic N) is 1. The molecule has 0 spiro atoms. The molecular formula is C22H30N3O10P. The maximum absolute atomic E-state index is 13.9. The van der Waals surface area contributed by atoms with E-state index in [-0.39, 0.29) is 10.3 Å². The van der Waals surface area contributed by atoms with E-state index in [1.165, 1.54) is 31.2 Å². The van der Waals surface area contributed by atoms with Gasteiger partial charge in [-0.05, 0) is 39.8 Å². The lowest BCUT2D eigenvalue weighted by molar-refractivity contribution is -0.149. The zero-order valence-corrected chi connectivity index (χ0v) is 20.3. The summed E-state index contributed by atoms with van der Waals surface area (Å²) in [5.74, 6) is -1.02. The van der Waals surface area contributed by atoms with Crippen molar-refractivity contribution in [3.8, 4) is 5.75 Å². The summed E-state index contributed by atoms with van der Waals surface area (Å²) in [6.07, 6.45) is -7.61. The van der Waals surface area contributed by atoms with Crippen molar-refractivity contribution in [2.45, 2.75) is 63.8 Å². The maximum Gasteiger partial charge on any atom is 0.459 e. The van der Waals surface area contributed by atoms with E-state index in [1.54, 1.807) is 24.9 Å². The first-order valence-electron chi connectivity index (χ1n) is 13.6.